The number of fused-ring (bicyclic) bond motifs is 2. The molecule has 2 amide bonds. The number of rotatable bonds is 4. The van der Waals surface area contributed by atoms with Gasteiger partial charge in [0.05, 0.1) is 16.5 Å². The van der Waals surface area contributed by atoms with E-state index < -0.39 is 0 Å². The van der Waals surface area contributed by atoms with Crippen molar-refractivity contribution in [1.82, 2.24) is 4.98 Å². The van der Waals surface area contributed by atoms with Crippen LogP contribution in [0.4, 0.5) is 10.8 Å². The third kappa shape index (κ3) is 3.58. The lowest BCUT2D eigenvalue weighted by Gasteiger charge is -2.18. The van der Waals surface area contributed by atoms with Crippen molar-refractivity contribution in [2.24, 2.45) is 0 Å². The molecular formula is C21H15N3O5S. The fourth-order valence-corrected chi connectivity index (χ4v) is 3.91. The van der Waals surface area contributed by atoms with Crippen molar-refractivity contribution in [3.8, 4) is 11.5 Å². The zero-order valence-electron chi connectivity index (χ0n) is 15.5. The molecule has 2 aromatic carbocycles. The molecule has 8 nitrogen and oxygen atoms in total. The van der Waals surface area contributed by atoms with Gasteiger partial charge in [-0.1, -0.05) is 11.3 Å². The number of amides is 2. The Morgan fingerprint density at radius 2 is 1.80 bits per heavy atom. The first kappa shape index (κ1) is 18.2. The first-order valence-corrected chi connectivity index (χ1v) is 9.94. The van der Waals surface area contributed by atoms with E-state index >= 15 is 0 Å². The third-order valence-electron chi connectivity index (χ3n) is 4.42. The molecule has 0 aliphatic carbocycles. The number of hydrogen-bond acceptors (Lipinski definition) is 7. The Morgan fingerprint density at radius 1 is 0.933 bits per heavy atom. The van der Waals surface area contributed by atoms with Gasteiger partial charge in [-0.05, 0) is 48.5 Å². The van der Waals surface area contributed by atoms with Gasteiger partial charge in [-0.15, -0.1) is 0 Å². The number of benzene rings is 2. The van der Waals surface area contributed by atoms with Crippen LogP contribution in [0.3, 0.4) is 0 Å². The molecule has 5 rings (SSSR count). The summed E-state index contributed by atoms with van der Waals surface area (Å²) in [7, 11) is 0. The number of ether oxygens (including phenoxy) is 2. The Morgan fingerprint density at radius 3 is 2.63 bits per heavy atom. The summed E-state index contributed by atoms with van der Waals surface area (Å²) in [5, 5.41) is 6.03. The summed E-state index contributed by atoms with van der Waals surface area (Å²) < 4.78 is 16.9. The zero-order valence-corrected chi connectivity index (χ0v) is 16.3. The SMILES string of the molecule is O=C(Nc1ccc2nc(NC(=O)c3ccco3)sc2c1)c1ccc2c(c1)OCCO2. The fraction of sp³-hybridized carbons (Fsp3) is 0.0952. The second-order valence-corrected chi connectivity index (χ2v) is 7.48. The molecule has 0 bridgehead atoms. The minimum atomic E-state index is -0.369. The highest BCUT2D eigenvalue weighted by atomic mass is 32.1. The number of anilines is 2. The Balaban J connectivity index is 1.32. The van der Waals surface area contributed by atoms with Crippen LogP contribution in [-0.4, -0.2) is 30.0 Å². The minimum Gasteiger partial charge on any atom is -0.486 e. The largest absolute Gasteiger partial charge is 0.486 e. The predicted octanol–water partition coefficient (Wildman–Crippen LogP) is 4.17. The van der Waals surface area contributed by atoms with Crippen molar-refractivity contribution in [2.45, 2.75) is 0 Å². The molecule has 1 aliphatic heterocycles. The summed E-state index contributed by atoms with van der Waals surface area (Å²) in [4.78, 5) is 29.1. The topological polar surface area (TPSA) is 103 Å². The highest BCUT2D eigenvalue weighted by Gasteiger charge is 2.16. The number of nitrogens with one attached hydrogen (secondary N) is 2. The molecule has 3 heterocycles. The van der Waals surface area contributed by atoms with Gasteiger partial charge < -0.3 is 19.2 Å². The fourth-order valence-electron chi connectivity index (χ4n) is 3.01. The third-order valence-corrected chi connectivity index (χ3v) is 5.35. The van der Waals surface area contributed by atoms with Gasteiger partial charge in [0.1, 0.15) is 13.2 Å². The lowest BCUT2D eigenvalue weighted by molar-refractivity contribution is 0.0994. The smallest absolute Gasteiger partial charge is 0.293 e. The number of aromatic nitrogens is 1. The molecule has 0 saturated carbocycles. The summed E-state index contributed by atoms with van der Waals surface area (Å²) in [6.07, 6.45) is 1.43. The Hall–Kier alpha value is -3.85. The van der Waals surface area contributed by atoms with Crippen LogP contribution in [0.25, 0.3) is 10.2 Å². The number of thiazole rings is 1. The molecule has 2 aromatic heterocycles. The minimum absolute atomic E-state index is 0.210. The van der Waals surface area contributed by atoms with Crippen molar-refractivity contribution in [3.05, 3.63) is 66.1 Å². The molecule has 30 heavy (non-hydrogen) atoms. The van der Waals surface area contributed by atoms with E-state index in [1.165, 1.54) is 17.6 Å². The highest BCUT2D eigenvalue weighted by Crippen LogP contribution is 2.32. The molecular weight excluding hydrogens is 406 g/mol. The van der Waals surface area contributed by atoms with Crippen molar-refractivity contribution < 1.29 is 23.5 Å². The molecule has 0 spiro atoms. The first-order valence-electron chi connectivity index (χ1n) is 9.12. The van der Waals surface area contributed by atoms with E-state index in [-0.39, 0.29) is 17.6 Å². The van der Waals surface area contributed by atoms with Gasteiger partial charge in [-0.25, -0.2) is 4.98 Å². The van der Waals surface area contributed by atoms with E-state index in [1.807, 2.05) is 6.07 Å². The second-order valence-electron chi connectivity index (χ2n) is 6.45. The van der Waals surface area contributed by atoms with Crippen LogP contribution in [0.5, 0.6) is 11.5 Å². The maximum Gasteiger partial charge on any atom is 0.293 e. The van der Waals surface area contributed by atoms with Crippen LogP contribution < -0.4 is 20.1 Å². The maximum absolute atomic E-state index is 12.6. The van der Waals surface area contributed by atoms with Crippen molar-refractivity contribution in [1.29, 1.82) is 0 Å². The normalized spacial score (nSPS) is 12.5. The predicted molar refractivity (Wildman–Crippen MR) is 112 cm³/mol. The van der Waals surface area contributed by atoms with Gasteiger partial charge in [0.25, 0.3) is 11.8 Å². The van der Waals surface area contributed by atoms with Crippen molar-refractivity contribution in [3.63, 3.8) is 0 Å². The molecule has 0 radical (unpaired) electrons. The highest BCUT2D eigenvalue weighted by molar-refractivity contribution is 7.22. The summed E-state index contributed by atoms with van der Waals surface area (Å²) >= 11 is 1.31. The van der Waals surface area contributed by atoms with Crippen molar-refractivity contribution in [2.75, 3.05) is 23.8 Å². The molecule has 4 aromatic rings. The zero-order chi connectivity index (χ0) is 20.5. The second kappa shape index (κ2) is 7.53. The average molecular weight is 421 g/mol. The molecule has 9 heteroatoms. The summed E-state index contributed by atoms with van der Waals surface area (Å²) in [6.45, 7) is 0.955. The standard InChI is InChI=1S/C21H15N3O5S/c25-19(12-3-6-15-17(10-12)29-9-8-28-15)22-13-4-5-14-18(11-13)30-21(23-14)24-20(26)16-2-1-7-27-16/h1-7,10-11H,8-9H2,(H,22,25)(H,23,24,26). The summed E-state index contributed by atoms with van der Waals surface area (Å²) in [5.74, 6) is 0.770. The summed E-state index contributed by atoms with van der Waals surface area (Å²) in [5.41, 5.74) is 1.80. The average Bonchev–Trinajstić information content (AvgIpc) is 3.43. The van der Waals surface area contributed by atoms with Gasteiger partial charge in [-0.2, -0.15) is 0 Å². The van der Waals surface area contributed by atoms with E-state index in [2.05, 4.69) is 15.6 Å². The number of carbonyl (C=O) groups is 2. The lowest BCUT2D eigenvalue weighted by atomic mass is 10.1. The van der Waals surface area contributed by atoms with Crippen LogP contribution in [0.15, 0.2) is 59.2 Å². The first-order chi connectivity index (χ1) is 14.7. The van der Waals surface area contributed by atoms with Crippen LogP contribution in [0.1, 0.15) is 20.9 Å². The van der Waals surface area contributed by atoms with Gasteiger partial charge in [-0.3, -0.25) is 14.9 Å². The molecule has 0 fully saturated rings. The van der Waals surface area contributed by atoms with E-state index in [9.17, 15) is 9.59 Å². The van der Waals surface area contributed by atoms with Crippen LogP contribution in [0.2, 0.25) is 0 Å². The van der Waals surface area contributed by atoms with Gasteiger partial charge in [0.2, 0.25) is 0 Å². The van der Waals surface area contributed by atoms with E-state index in [4.69, 9.17) is 13.9 Å². The molecule has 0 unspecified atom stereocenters. The number of furan rings is 1. The van der Waals surface area contributed by atoms with E-state index in [0.29, 0.717) is 46.6 Å². The Bertz CT molecular complexity index is 1250. The lowest BCUT2D eigenvalue weighted by Crippen LogP contribution is -2.17. The quantitative estimate of drug-likeness (QED) is 0.513. The molecule has 2 N–H and O–H groups in total. The number of carbonyl (C=O) groups excluding carboxylic acids is 2. The van der Waals surface area contributed by atoms with Crippen LogP contribution in [-0.2, 0) is 0 Å². The molecule has 0 saturated heterocycles. The maximum atomic E-state index is 12.6. The molecule has 1 aliphatic rings. The number of hydrogen-bond donors (Lipinski definition) is 2. The Kier molecular flexibility index (Phi) is 4.56. The van der Waals surface area contributed by atoms with Crippen LogP contribution >= 0.6 is 11.3 Å². The van der Waals surface area contributed by atoms with E-state index in [0.717, 1.165) is 4.70 Å². The van der Waals surface area contributed by atoms with Gasteiger partial charge in [0, 0.05) is 11.3 Å². The molecule has 150 valence electrons. The van der Waals surface area contributed by atoms with Crippen molar-refractivity contribution >= 4 is 44.2 Å². The molecule has 0 atom stereocenters. The Labute approximate surface area is 174 Å². The van der Waals surface area contributed by atoms with E-state index in [1.54, 1.807) is 42.5 Å². The van der Waals surface area contributed by atoms with Crippen LogP contribution in [0, 0.1) is 0 Å². The van der Waals surface area contributed by atoms with Gasteiger partial charge in [0.15, 0.2) is 22.4 Å². The summed E-state index contributed by atoms with van der Waals surface area (Å²) in [6, 6.07) is 13.7. The monoisotopic (exact) mass is 421 g/mol. The number of nitrogens with zero attached hydrogens (tertiary/aromatic N) is 1. The van der Waals surface area contributed by atoms with Gasteiger partial charge >= 0.3 is 0 Å².